The molecule has 2 aromatic heterocycles. The van der Waals surface area contributed by atoms with Crippen molar-refractivity contribution in [1.29, 1.82) is 0 Å². The zero-order valence-corrected chi connectivity index (χ0v) is 9.98. The van der Waals surface area contributed by atoms with Crippen LogP contribution in [0.5, 0.6) is 5.75 Å². The van der Waals surface area contributed by atoms with E-state index in [1.54, 1.807) is 16.6 Å². The van der Waals surface area contributed by atoms with Gasteiger partial charge in [0.1, 0.15) is 10.8 Å². The SMILES string of the molecule is Cc1nn2c(Cc3ccc(O)cc3)nnc2s1. The third kappa shape index (κ3) is 1.87. The van der Waals surface area contributed by atoms with E-state index in [9.17, 15) is 5.11 Å². The fourth-order valence-electron chi connectivity index (χ4n) is 1.66. The van der Waals surface area contributed by atoms with Gasteiger partial charge < -0.3 is 5.11 Å². The molecule has 0 saturated heterocycles. The number of phenols is 1. The number of phenolic OH excluding ortho intramolecular Hbond substituents is 1. The predicted octanol–water partition coefficient (Wildman–Crippen LogP) is 1.79. The molecule has 1 aromatic carbocycles. The Hall–Kier alpha value is -1.95. The molecule has 0 spiro atoms. The predicted molar refractivity (Wildman–Crippen MR) is 64.3 cm³/mol. The highest BCUT2D eigenvalue weighted by Gasteiger charge is 2.10. The molecular formula is C11H10N4OS. The summed E-state index contributed by atoms with van der Waals surface area (Å²) in [5.74, 6) is 1.08. The van der Waals surface area contributed by atoms with Crippen molar-refractivity contribution in [2.75, 3.05) is 0 Å². The van der Waals surface area contributed by atoms with Crippen LogP contribution in [0.2, 0.25) is 0 Å². The van der Waals surface area contributed by atoms with Crippen molar-refractivity contribution < 1.29 is 5.11 Å². The quantitative estimate of drug-likeness (QED) is 0.748. The standard InChI is InChI=1S/C11H10N4OS/c1-7-14-15-10(12-13-11(15)17-7)6-8-2-4-9(16)5-3-8/h2-5,16H,6H2,1H3. The summed E-state index contributed by atoms with van der Waals surface area (Å²) in [6.45, 7) is 1.95. The lowest BCUT2D eigenvalue weighted by atomic mass is 10.1. The number of hydrogen-bond donors (Lipinski definition) is 1. The molecule has 0 unspecified atom stereocenters. The van der Waals surface area contributed by atoms with Crippen molar-refractivity contribution >= 4 is 16.3 Å². The van der Waals surface area contributed by atoms with E-state index in [-0.39, 0.29) is 5.75 Å². The number of rotatable bonds is 2. The zero-order chi connectivity index (χ0) is 11.8. The van der Waals surface area contributed by atoms with Gasteiger partial charge in [0.05, 0.1) is 0 Å². The molecule has 3 aromatic rings. The molecule has 0 saturated carbocycles. The van der Waals surface area contributed by atoms with Crippen LogP contribution in [0.25, 0.3) is 4.96 Å². The number of aromatic nitrogens is 4. The second-order valence-electron chi connectivity index (χ2n) is 3.77. The lowest BCUT2D eigenvalue weighted by molar-refractivity contribution is 0.475. The summed E-state index contributed by atoms with van der Waals surface area (Å²) in [6.07, 6.45) is 0.657. The van der Waals surface area contributed by atoms with E-state index >= 15 is 0 Å². The maximum Gasteiger partial charge on any atom is 0.234 e. The van der Waals surface area contributed by atoms with Crippen LogP contribution >= 0.6 is 11.3 Å². The first-order valence-corrected chi connectivity index (χ1v) is 5.99. The summed E-state index contributed by atoms with van der Waals surface area (Å²) < 4.78 is 1.77. The van der Waals surface area contributed by atoms with E-state index in [4.69, 9.17) is 0 Å². The van der Waals surface area contributed by atoms with Crippen LogP contribution in [0.1, 0.15) is 16.4 Å². The largest absolute Gasteiger partial charge is 0.508 e. The highest BCUT2D eigenvalue weighted by Crippen LogP contribution is 2.16. The molecule has 3 rings (SSSR count). The number of benzene rings is 1. The Morgan fingerprint density at radius 2 is 2.00 bits per heavy atom. The van der Waals surface area contributed by atoms with Gasteiger partial charge in [0.25, 0.3) is 0 Å². The van der Waals surface area contributed by atoms with E-state index in [2.05, 4.69) is 15.3 Å². The van der Waals surface area contributed by atoms with Gasteiger partial charge in [-0.25, -0.2) is 0 Å². The summed E-state index contributed by atoms with van der Waals surface area (Å²) in [7, 11) is 0. The molecule has 5 nitrogen and oxygen atoms in total. The number of aromatic hydroxyl groups is 1. The van der Waals surface area contributed by atoms with Gasteiger partial charge in [-0.2, -0.15) is 9.61 Å². The minimum atomic E-state index is 0.268. The lowest BCUT2D eigenvalue weighted by Crippen LogP contribution is -1.97. The van der Waals surface area contributed by atoms with Crippen LogP contribution in [-0.2, 0) is 6.42 Å². The fraction of sp³-hybridized carbons (Fsp3) is 0.182. The molecule has 0 radical (unpaired) electrons. The van der Waals surface area contributed by atoms with E-state index < -0.39 is 0 Å². The molecule has 1 N–H and O–H groups in total. The minimum Gasteiger partial charge on any atom is -0.508 e. The van der Waals surface area contributed by atoms with Crippen molar-refractivity contribution in [3.05, 3.63) is 40.7 Å². The van der Waals surface area contributed by atoms with Crippen molar-refractivity contribution in [2.45, 2.75) is 13.3 Å². The smallest absolute Gasteiger partial charge is 0.234 e. The molecule has 0 atom stereocenters. The normalized spacial score (nSPS) is 11.1. The first-order chi connectivity index (χ1) is 8.22. The van der Waals surface area contributed by atoms with Crippen LogP contribution in [0, 0.1) is 6.92 Å². The average molecular weight is 246 g/mol. The van der Waals surface area contributed by atoms with Crippen LogP contribution in [0.4, 0.5) is 0 Å². The molecule has 6 heteroatoms. The highest BCUT2D eigenvalue weighted by molar-refractivity contribution is 7.16. The Morgan fingerprint density at radius 3 is 2.76 bits per heavy atom. The van der Waals surface area contributed by atoms with Crippen molar-refractivity contribution in [1.82, 2.24) is 19.8 Å². The molecule has 0 aliphatic heterocycles. The topological polar surface area (TPSA) is 63.3 Å². The number of nitrogens with zero attached hydrogens (tertiary/aromatic N) is 4. The summed E-state index contributed by atoms with van der Waals surface area (Å²) in [4.78, 5) is 0.816. The Bertz CT molecular complexity index is 656. The molecular weight excluding hydrogens is 236 g/mol. The van der Waals surface area contributed by atoms with Crippen LogP contribution in [-0.4, -0.2) is 24.9 Å². The fourth-order valence-corrected chi connectivity index (χ4v) is 2.36. The molecule has 0 amide bonds. The van der Waals surface area contributed by atoms with Gasteiger partial charge in [0, 0.05) is 6.42 Å². The first kappa shape index (κ1) is 10.2. The van der Waals surface area contributed by atoms with E-state index in [1.165, 1.54) is 11.3 Å². The van der Waals surface area contributed by atoms with Gasteiger partial charge in [0.15, 0.2) is 5.82 Å². The monoisotopic (exact) mass is 246 g/mol. The Labute approximate surface area is 101 Å². The van der Waals surface area contributed by atoms with Gasteiger partial charge >= 0.3 is 0 Å². The number of aryl methyl sites for hydroxylation is 1. The summed E-state index contributed by atoms with van der Waals surface area (Å²) in [6, 6.07) is 7.07. The lowest BCUT2D eigenvalue weighted by Gasteiger charge is -1.98. The molecule has 0 fully saturated rings. The van der Waals surface area contributed by atoms with Crippen LogP contribution < -0.4 is 0 Å². The second kappa shape index (κ2) is 3.81. The summed E-state index contributed by atoms with van der Waals surface area (Å²) in [5, 5.41) is 22.7. The molecule has 2 heterocycles. The molecule has 0 bridgehead atoms. The van der Waals surface area contributed by atoms with Crippen LogP contribution in [0.15, 0.2) is 24.3 Å². The zero-order valence-electron chi connectivity index (χ0n) is 9.16. The van der Waals surface area contributed by atoms with Crippen molar-refractivity contribution in [3.8, 4) is 5.75 Å². The average Bonchev–Trinajstić information content (AvgIpc) is 2.83. The molecule has 17 heavy (non-hydrogen) atoms. The third-order valence-electron chi connectivity index (χ3n) is 2.46. The highest BCUT2D eigenvalue weighted by atomic mass is 32.1. The van der Waals surface area contributed by atoms with Gasteiger partial charge in [-0.15, -0.1) is 10.2 Å². The van der Waals surface area contributed by atoms with Crippen LogP contribution in [0.3, 0.4) is 0 Å². The second-order valence-corrected chi connectivity index (χ2v) is 4.94. The molecule has 86 valence electrons. The van der Waals surface area contributed by atoms with Gasteiger partial charge in [-0.1, -0.05) is 23.5 Å². The maximum atomic E-state index is 9.21. The Balaban J connectivity index is 1.96. The van der Waals surface area contributed by atoms with E-state index in [1.807, 2.05) is 19.1 Å². The summed E-state index contributed by atoms with van der Waals surface area (Å²) in [5.41, 5.74) is 1.07. The molecule has 0 aliphatic carbocycles. The number of hydrogen-bond acceptors (Lipinski definition) is 5. The van der Waals surface area contributed by atoms with Gasteiger partial charge in [0.2, 0.25) is 4.96 Å². The Kier molecular flexibility index (Phi) is 2.29. The van der Waals surface area contributed by atoms with E-state index in [0.29, 0.717) is 6.42 Å². The third-order valence-corrected chi connectivity index (χ3v) is 3.27. The minimum absolute atomic E-state index is 0.268. The van der Waals surface area contributed by atoms with Gasteiger partial charge in [-0.3, -0.25) is 0 Å². The van der Waals surface area contributed by atoms with Crippen molar-refractivity contribution in [2.24, 2.45) is 0 Å². The summed E-state index contributed by atoms with van der Waals surface area (Å²) >= 11 is 1.52. The van der Waals surface area contributed by atoms with E-state index in [0.717, 1.165) is 21.4 Å². The Morgan fingerprint density at radius 1 is 1.24 bits per heavy atom. The molecule has 0 aliphatic rings. The van der Waals surface area contributed by atoms with Gasteiger partial charge in [-0.05, 0) is 24.6 Å². The van der Waals surface area contributed by atoms with Crippen molar-refractivity contribution in [3.63, 3.8) is 0 Å². The maximum absolute atomic E-state index is 9.21. The number of fused-ring (bicyclic) bond motifs is 1. The first-order valence-electron chi connectivity index (χ1n) is 5.18.